The Bertz CT molecular complexity index is 1740. The lowest BCUT2D eigenvalue weighted by molar-refractivity contribution is 0.449. The number of phenols is 1. The molecule has 0 heterocycles. The number of hydrogen-bond acceptors (Lipinski definition) is 1. The molecule has 4 aromatic carbocycles. The summed E-state index contributed by atoms with van der Waals surface area (Å²) in [5, 5.41) is 11.8. The third-order valence-corrected chi connectivity index (χ3v) is 12.7. The maximum atomic E-state index is 11.8. The van der Waals surface area contributed by atoms with Crippen LogP contribution in [-0.4, -0.2) is 5.11 Å². The summed E-state index contributed by atoms with van der Waals surface area (Å²) in [4.78, 5) is 0. The van der Waals surface area contributed by atoms with Crippen LogP contribution in [-0.2, 0) is 0 Å². The summed E-state index contributed by atoms with van der Waals surface area (Å²) < 4.78 is 0. The molecule has 0 aliphatic rings. The molecule has 1 nitrogen and oxygen atoms in total. The molecule has 6 atom stereocenters. The van der Waals surface area contributed by atoms with Crippen LogP contribution in [0.1, 0.15) is 161 Å². The monoisotopic (exact) mass is 616 g/mol. The number of benzene rings is 4. The quantitative estimate of drug-likeness (QED) is 0.198. The summed E-state index contributed by atoms with van der Waals surface area (Å²) in [5.41, 5.74) is 20.4. The van der Waals surface area contributed by atoms with Gasteiger partial charge in [-0.2, -0.15) is 0 Å². The van der Waals surface area contributed by atoms with Gasteiger partial charge in [0, 0.05) is 5.56 Å². The van der Waals surface area contributed by atoms with Crippen LogP contribution < -0.4 is 0 Å². The van der Waals surface area contributed by atoms with Crippen LogP contribution in [0, 0.1) is 62.3 Å². The summed E-state index contributed by atoms with van der Waals surface area (Å²) >= 11 is 0. The SMILES string of the molecule is Cc1ccc(C(C)C(C)c2ccc(O)c(C(C)C(C)c3ccc(C)c(C)c3C)c2C(C)C(C)c2ccc(C)c(C)c2C)c(C)c1C. The second-order valence-electron chi connectivity index (χ2n) is 14.9. The molecule has 0 fully saturated rings. The largest absolute Gasteiger partial charge is 0.508 e. The van der Waals surface area contributed by atoms with E-state index in [2.05, 4.69) is 146 Å². The lowest BCUT2D eigenvalue weighted by atomic mass is 9.69. The smallest absolute Gasteiger partial charge is 0.119 e. The first-order valence-electron chi connectivity index (χ1n) is 17.6. The lowest BCUT2D eigenvalue weighted by Gasteiger charge is -2.35. The van der Waals surface area contributed by atoms with Gasteiger partial charge in [-0.1, -0.05) is 84.0 Å². The Kier molecular flexibility index (Phi) is 10.7. The highest BCUT2D eigenvalue weighted by Gasteiger charge is 2.33. The zero-order chi connectivity index (χ0) is 34.4. The fraction of sp³-hybridized carbons (Fsp3) is 0.467. The van der Waals surface area contributed by atoms with Crippen molar-refractivity contribution in [1.29, 1.82) is 0 Å². The maximum Gasteiger partial charge on any atom is 0.119 e. The van der Waals surface area contributed by atoms with Crippen molar-refractivity contribution >= 4 is 0 Å². The van der Waals surface area contributed by atoms with Crippen molar-refractivity contribution in [3.63, 3.8) is 0 Å². The van der Waals surface area contributed by atoms with E-state index in [1.165, 1.54) is 77.9 Å². The molecule has 0 bridgehead atoms. The van der Waals surface area contributed by atoms with Crippen molar-refractivity contribution in [3.8, 4) is 5.75 Å². The van der Waals surface area contributed by atoms with E-state index in [-0.39, 0.29) is 29.6 Å². The molecule has 0 saturated carbocycles. The predicted molar refractivity (Wildman–Crippen MR) is 201 cm³/mol. The van der Waals surface area contributed by atoms with Gasteiger partial charge in [0.25, 0.3) is 0 Å². The van der Waals surface area contributed by atoms with E-state index in [9.17, 15) is 5.11 Å². The number of hydrogen-bond donors (Lipinski definition) is 1. The zero-order valence-corrected chi connectivity index (χ0v) is 31.5. The van der Waals surface area contributed by atoms with Crippen LogP contribution in [0.2, 0.25) is 0 Å². The van der Waals surface area contributed by atoms with Crippen molar-refractivity contribution in [2.75, 3.05) is 0 Å². The van der Waals surface area contributed by atoms with Crippen molar-refractivity contribution in [1.82, 2.24) is 0 Å². The van der Waals surface area contributed by atoms with Gasteiger partial charge >= 0.3 is 0 Å². The molecule has 246 valence electrons. The zero-order valence-electron chi connectivity index (χ0n) is 31.5. The normalized spacial score (nSPS) is 15.7. The Morgan fingerprint density at radius 1 is 0.326 bits per heavy atom. The van der Waals surface area contributed by atoms with Crippen molar-refractivity contribution in [2.24, 2.45) is 0 Å². The first kappa shape index (κ1) is 35.5. The third-order valence-electron chi connectivity index (χ3n) is 12.7. The number of phenolic OH excluding ortho intramolecular Hbond substituents is 1. The molecule has 0 aromatic heterocycles. The summed E-state index contributed by atoms with van der Waals surface area (Å²) in [5.74, 6) is 1.92. The van der Waals surface area contributed by atoms with E-state index in [0.29, 0.717) is 11.7 Å². The molecule has 0 aliphatic heterocycles. The average molecular weight is 617 g/mol. The molecule has 46 heavy (non-hydrogen) atoms. The number of rotatable bonds is 9. The van der Waals surface area contributed by atoms with Crippen molar-refractivity contribution < 1.29 is 5.11 Å². The van der Waals surface area contributed by atoms with Gasteiger partial charge in [0.05, 0.1) is 0 Å². The molecule has 0 amide bonds. The molecule has 0 spiro atoms. The first-order valence-corrected chi connectivity index (χ1v) is 17.6. The van der Waals surface area contributed by atoms with E-state index < -0.39 is 0 Å². The molecule has 0 saturated heterocycles. The van der Waals surface area contributed by atoms with Crippen molar-refractivity contribution in [3.05, 3.63) is 132 Å². The summed E-state index contributed by atoms with van der Waals surface area (Å²) in [7, 11) is 0. The van der Waals surface area contributed by atoms with Crippen molar-refractivity contribution in [2.45, 2.75) is 139 Å². The number of aromatic hydroxyl groups is 1. The van der Waals surface area contributed by atoms with Gasteiger partial charge in [0.2, 0.25) is 0 Å². The Balaban J connectivity index is 1.95. The maximum absolute atomic E-state index is 11.8. The van der Waals surface area contributed by atoms with Crippen LogP contribution >= 0.6 is 0 Å². The predicted octanol–water partition coefficient (Wildman–Crippen LogP) is 12.9. The fourth-order valence-corrected chi connectivity index (χ4v) is 8.01. The minimum Gasteiger partial charge on any atom is -0.508 e. The van der Waals surface area contributed by atoms with Gasteiger partial charge in [-0.05, 0) is 182 Å². The summed E-state index contributed by atoms with van der Waals surface area (Å²) in [6.45, 7) is 34.5. The second-order valence-corrected chi connectivity index (χ2v) is 14.9. The molecule has 4 aromatic rings. The third kappa shape index (κ3) is 6.32. The van der Waals surface area contributed by atoms with E-state index in [0.717, 1.165) is 5.56 Å². The second kappa shape index (κ2) is 13.8. The topological polar surface area (TPSA) is 20.2 Å². The van der Waals surface area contributed by atoms with E-state index in [4.69, 9.17) is 0 Å². The molecule has 0 aliphatic carbocycles. The van der Waals surface area contributed by atoms with Crippen LogP contribution in [0.5, 0.6) is 5.75 Å². The van der Waals surface area contributed by atoms with Gasteiger partial charge < -0.3 is 5.11 Å². The molecule has 1 N–H and O–H groups in total. The Labute approximate surface area is 281 Å². The van der Waals surface area contributed by atoms with E-state index in [1.807, 2.05) is 6.07 Å². The fourth-order valence-electron chi connectivity index (χ4n) is 8.01. The van der Waals surface area contributed by atoms with Crippen LogP contribution in [0.25, 0.3) is 0 Å². The van der Waals surface area contributed by atoms with Gasteiger partial charge in [0.15, 0.2) is 0 Å². The molecular formula is C45H60O. The Hall–Kier alpha value is -3.32. The first-order chi connectivity index (χ1) is 21.5. The highest BCUT2D eigenvalue weighted by Crippen LogP contribution is 2.50. The molecular weight excluding hydrogens is 556 g/mol. The Morgan fingerprint density at radius 3 is 0.978 bits per heavy atom. The van der Waals surface area contributed by atoms with Gasteiger partial charge in [0.1, 0.15) is 5.75 Å². The Morgan fingerprint density at radius 2 is 0.609 bits per heavy atom. The van der Waals surface area contributed by atoms with Crippen LogP contribution in [0.4, 0.5) is 0 Å². The molecule has 1 heteroatoms. The highest BCUT2D eigenvalue weighted by atomic mass is 16.3. The molecule has 4 rings (SSSR count). The highest BCUT2D eigenvalue weighted by molar-refractivity contribution is 5.54. The standard InChI is InChI=1S/C45H60O/c1-24-16-19-39(30(7)27(24)4)33(10)34(11)42-22-23-43(46)45(38(15)36(13)41-21-18-26(3)29(6)32(41)9)44(42)37(14)35(12)40-20-17-25(2)28(5)31(40)8/h16-23,33-38,46H,1-15H3. The van der Waals surface area contributed by atoms with Gasteiger partial charge in [-0.15, -0.1) is 0 Å². The van der Waals surface area contributed by atoms with Gasteiger partial charge in [-0.3, -0.25) is 0 Å². The van der Waals surface area contributed by atoms with Crippen LogP contribution in [0.15, 0.2) is 48.5 Å². The van der Waals surface area contributed by atoms with Crippen LogP contribution in [0.3, 0.4) is 0 Å². The lowest BCUT2D eigenvalue weighted by Crippen LogP contribution is -2.19. The van der Waals surface area contributed by atoms with Gasteiger partial charge in [-0.25, -0.2) is 0 Å². The minimum atomic E-state index is 0.136. The molecule has 0 radical (unpaired) electrons. The molecule has 6 unspecified atom stereocenters. The van der Waals surface area contributed by atoms with E-state index in [1.54, 1.807) is 0 Å². The summed E-state index contributed by atoms with van der Waals surface area (Å²) in [6.07, 6.45) is 0. The average Bonchev–Trinajstić information content (AvgIpc) is 3.03. The number of aryl methyl sites for hydroxylation is 3. The minimum absolute atomic E-state index is 0.136. The summed E-state index contributed by atoms with van der Waals surface area (Å²) in [6, 6.07) is 18.1. The van der Waals surface area contributed by atoms with E-state index >= 15 is 0 Å².